The summed E-state index contributed by atoms with van der Waals surface area (Å²) in [6.45, 7) is 0.405. The molecule has 0 radical (unpaired) electrons. The molecule has 0 aliphatic rings. The fourth-order valence-electron chi connectivity index (χ4n) is 2.03. The number of carbonyl (C=O) groups is 1. The lowest BCUT2D eigenvalue weighted by Crippen LogP contribution is -2.26. The largest absolute Gasteiger partial charge is 0.496 e. The van der Waals surface area contributed by atoms with E-state index in [-0.39, 0.29) is 10.8 Å². The van der Waals surface area contributed by atoms with Crippen LogP contribution < -0.4 is 4.74 Å². The van der Waals surface area contributed by atoms with Crippen LogP contribution in [0.3, 0.4) is 0 Å². The summed E-state index contributed by atoms with van der Waals surface area (Å²) >= 11 is 4.00. The third kappa shape index (κ3) is 3.55. The first-order valence-electron chi connectivity index (χ1n) is 6.39. The fourth-order valence-corrected chi connectivity index (χ4v) is 2.24. The molecule has 110 valence electrons. The lowest BCUT2D eigenvalue weighted by Gasteiger charge is -2.19. The minimum atomic E-state index is -0.442. The second-order valence-corrected chi connectivity index (χ2v) is 5.12. The van der Waals surface area contributed by atoms with Crippen LogP contribution in [0.2, 0.25) is 0 Å². The molecule has 0 atom stereocenters. The van der Waals surface area contributed by atoms with Gasteiger partial charge in [-0.25, -0.2) is 4.39 Å². The van der Waals surface area contributed by atoms with Crippen molar-refractivity contribution in [1.82, 2.24) is 4.90 Å². The van der Waals surface area contributed by atoms with Gasteiger partial charge in [0.1, 0.15) is 11.6 Å². The maximum Gasteiger partial charge on any atom is 0.253 e. The molecule has 0 aliphatic carbocycles. The van der Waals surface area contributed by atoms with Gasteiger partial charge in [-0.05, 0) is 24.3 Å². The fraction of sp³-hybridized carbons (Fsp3) is 0.188. The van der Waals surface area contributed by atoms with Gasteiger partial charge in [0.25, 0.3) is 5.91 Å². The van der Waals surface area contributed by atoms with Gasteiger partial charge in [-0.1, -0.05) is 18.2 Å². The maximum absolute atomic E-state index is 13.2. The number of hydrogen-bond donors (Lipinski definition) is 1. The van der Waals surface area contributed by atoms with Gasteiger partial charge in [0.05, 0.1) is 7.11 Å². The SMILES string of the molecule is COc1ccccc1CN(C)C(=O)c1ccc(F)c(S)c1. The molecule has 0 fully saturated rings. The maximum atomic E-state index is 13.2. The Morgan fingerprint density at radius 2 is 2.00 bits per heavy atom. The van der Waals surface area contributed by atoms with Crippen LogP contribution in [0.4, 0.5) is 4.39 Å². The number of thiol groups is 1. The summed E-state index contributed by atoms with van der Waals surface area (Å²) in [7, 11) is 3.28. The molecular weight excluding hydrogens is 289 g/mol. The van der Waals surface area contributed by atoms with E-state index < -0.39 is 5.82 Å². The van der Waals surface area contributed by atoms with E-state index in [0.717, 1.165) is 11.3 Å². The molecule has 2 aromatic rings. The van der Waals surface area contributed by atoms with E-state index in [0.29, 0.717) is 12.1 Å². The lowest BCUT2D eigenvalue weighted by molar-refractivity contribution is 0.0784. The van der Waals surface area contributed by atoms with E-state index in [1.165, 1.54) is 18.2 Å². The Morgan fingerprint density at radius 1 is 1.29 bits per heavy atom. The molecule has 0 aromatic heterocycles. The van der Waals surface area contributed by atoms with Crippen LogP contribution >= 0.6 is 12.6 Å². The van der Waals surface area contributed by atoms with E-state index >= 15 is 0 Å². The first kappa shape index (κ1) is 15.4. The molecule has 0 N–H and O–H groups in total. The molecule has 2 rings (SSSR count). The quantitative estimate of drug-likeness (QED) is 0.877. The van der Waals surface area contributed by atoms with E-state index in [1.54, 1.807) is 19.1 Å². The molecule has 0 aliphatic heterocycles. The lowest BCUT2D eigenvalue weighted by atomic mass is 10.1. The van der Waals surface area contributed by atoms with Gasteiger partial charge >= 0.3 is 0 Å². The minimum absolute atomic E-state index is 0.159. The van der Waals surface area contributed by atoms with Crippen LogP contribution in [0, 0.1) is 5.82 Å². The molecular formula is C16H16FNO2S. The van der Waals surface area contributed by atoms with Crippen molar-refractivity contribution in [3.63, 3.8) is 0 Å². The van der Waals surface area contributed by atoms with Gasteiger partial charge in [-0.3, -0.25) is 4.79 Å². The normalized spacial score (nSPS) is 10.3. The molecule has 5 heteroatoms. The number of benzene rings is 2. The number of methoxy groups -OCH3 is 1. The third-order valence-electron chi connectivity index (χ3n) is 3.14. The first-order chi connectivity index (χ1) is 10.0. The Bertz CT molecular complexity index is 660. The average Bonchev–Trinajstić information content (AvgIpc) is 2.49. The third-order valence-corrected chi connectivity index (χ3v) is 3.48. The zero-order valence-corrected chi connectivity index (χ0v) is 12.7. The van der Waals surface area contributed by atoms with Crippen molar-refractivity contribution in [1.29, 1.82) is 0 Å². The summed E-state index contributed by atoms with van der Waals surface area (Å²) in [5, 5.41) is 0. The van der Waals surface area contributed by atoms with Gasteiger partial charge in [0.15, 0.2) is 0 Å². The summed E-state index contributed by atoms with van der Waals surface area (Å²) in [5.74, 6) is 0.0876. The monoisotopic (exact) mass is 305 g/mol. The standard InChI is InChI=1S/C16H16FNO2S/c1-18(10-12-5-3-4-6-14(12)20-2)16(19)11-7-8-13(17)15(21)9-11/h3-9,21H,10H2,1-2H3. The zero-order chi connectivity index (χ0) is 15.4. The van der Waals surface area contributed by atoms with Crippen molar-refractivity contribution in [3.05, 3.63) is 59.4 Å². The zero-order valence-electron chi connectivity index (χ0n) is 11.8. The number of rotatable bonds is 4. The molecule has 0 heterocycles. The predicted octanol–water partition coefficient (Wildman–Crippen LogP) is 3.40. The number of halogens is 1. The van der Waals surface area contributed by atoms with E-state index in [4.69, 9.17) is 4.74 Å². The number of amides is 1. The number of carbonyl (C=O) groups excluding carboxylic acids is 1. The number of ether oxygens (including phenoxy) is 1. The van der Waals surface area contributed by atoms with Crippen LogP contribution in [-0.4, -0.2) is 25.0 Å². The molecule has 21 heavy (non-hydrogen) atoms. The van der Waals surface area contributed by atoms with Crippen molar-refractivity contribution in [2.45, 2.75) is 11.4 Å². The second-order valence-electron chi connectivity index (χ2n) is 4.64. The van der Waals surface area contributed by atoms with Crippen molar-refractivity contribution in [3.8, 4) is 5.75 Å². The van der Waals surface area contributed by atoms with E-state index in [2.05, 4.69) is 12.6 Å². The van der Waals surface area contributed by atoms with Gasteiger partial charge in [0.2, 0.25) is 0 Å². The van der Waals surface area contributed by atoms with Crippen LogP contribution in [0.15, 0.2) is 47.4 Å². The van der Waals surface area contributed by atoms with Gasteiger partial charge in [0, 0.05) is 29.6 Å². The van der Waals surface area contributed by atoms with Crippen LogP contribution in [0.25, 0.3) is 0 Å². The topological polar surface area (TPSA) is 29.5 Å². The Labute approximate surface area is 128 Å². The summed E-state index contributed by atoms with van der Waals surface area (Å²) < 4.78 is 18.5. The summed E-state index contributed by atoms with van der Waals surface area (Å²) in [6.07, 6.45) is 0. The highest BCUT2D eigenvalue weighted by atomic mass is 32.1. The molecule has 0 saturated heterocycles. The van der Waals surface area contributed by atoms with E-state index in [1.807, 2.05) is 24.3 Å². The van der Waals surface area contributed by atoms with Crippen molar-refractivity contribution < 1.29 is 13.9 Å². The molecule has 1 amide bonds. The van der Waals surface area contributed by atoms with Crippen LogP contribution in [0.5, 0.6) is 5.75 Å². The average molecular weight is 305 g/mol. The van der Waals surface area contributed by atoms with Crippen molar-refractivity contribution in [2.24, 2.45) is 0 Å². The number of nitrogens with zero attached hydrogens (tertiary/aromatic N) is 1. The molecule has 0 unspecified atom stereocenters. The molecule has 3 nitrogen and oxygen atoms in total. The summed E-state index contributed by atoms with van der Waals surface area (Å²) in [6, 6.07) is 11.6. The molecule has 0 saturated carbocycles. The minimum Gasteiger partial charge on any atom is -0.496 e. The summed E-state index contributed by atoms with van der Waals surface area (Å²) in [5.41, 5.74) is 1.31. The van der Waals surface area contributed by atoms with Crippen molar-refractivity contribution in [2.75, 3.05) is 14.2 Å². The van der Waals surface area contributed by atoms with E-state index in [9.17, 15) is 9.18 Å². The van der Waals surface area contributed by atoms with Gasteiger partial charge in [-0.2, -0.15) is 0 Å². The molecule has 2 aromatic carbocycles. The highest BCUT2D eigenvalue weighted by Crippen LogP contribution is 2.20. The smallest absolute Gasteiger partial charge is 0.253 e. The van der Waals surface area contributed by atoms with Crippen LogP contribution in [-0.2, 0) is 6.54 Å². The molecule has 0 bridgehead atoms. The van der Waals surface area contributed by atoms with Gasteiger partial charge in [-0.15, -0.1) is 12.6 Å². The Balaban J connectivity index is 2.17. The second kappa shape index (κ2) is 6.63. The predicted molar refractivity (Wildman–Crippen MR) is 82.4 cm³/mol. The Morgan fingerprint density at radius 3 is 2.67 bits per heavy atom. The highest BCUT2D eigenvalue weighted by molar-refractivity contribution is 7.80. The Kier molecular flexibility index (Phi) is 4.85. The van der Waals surface area contributed by atoms with Gasteiger partial charge < -0.3 is 9.64 Å². The number of hydrogen-bond acceptors (Lipinski definition) is 3. The van der Waals surface area contributed by atoms with Crippen molar-refractivity contribution >= 4 is 18.5 Å². The first-order valence-corrected chi connectivity index (χ1v) is 6.83. The molecule has 0 spiro atoms. The highest BCUT2D eigenvalue weighted by Gasteiger charge is 2.15. The Hall–Kier alpha value is -2.01. The number of para-hydroxylation sites is 1. The summed E-state index contributed by atoms with van der Waals surface area (Å²) in [4.78, 5) is 14.1. The van der Waals surface area contributed by atoms with Crippen LogP contribution in [0.1, 0.15) is 15.9 Å².